The summed E-state index contributed by atoms with van der Waals surface area (Å²) < 4.78 is 11.5. The Morgan fingerprint density at radius 1 is 1.06 bits per heavy atom. The van der Waals surface area contributed by atoms with Crippen molar-refractivity contribution in [3.8, 4) is 17.6 Å². The third-order valence-corrected chi connectivity index (χ3v) is 4.39. The summed E-state index contributed by atoms with van der Waals surface area (Å²) in [7, 11) is 0. The minimum atomic E-state index is -0.488. The van der Waals surface area contributed by atoms with Crippen LogP contribution in [0.4, 0.5) is 0 Å². The second kappa shape index (κ2) is 10.7. The predicted molar refractivity (Wildman–Crippen MR) is 118 cm³/mol. The standard InChI is InChI=1S/C23H16BrN3O4/c24-19-8-4-7-17(12-19)23(29)31-20-9-3-5-16(11-20)14-26-27-22(28)15-30-21-10-2-1-6-18(21)13-25/h1-12,14H,15H2,(H,27,28)/b26-14-. The first-order chi connectivity index (χ1) is 15.0. The Balaban J connectivity index is 1.53. The maximum Gasteiger partial charge on any atom is 0.343 e. The van der Waals surface area contributed by atoms with Crippen LogP contribution in [0.5, 0.6) is 11.5 Å². The molecule has 0 aliphatic carbocycles. The van der Waals surface area contributed by atoms with E-state index >= 15 is 0 Å². The molecule has 154 valence electrons. The van der Waals surface area contributed by atoms with Gasteiger partial charge in [-0.3, -0.25) is 4.79 Å². The zero-order chi connectivity index (χ0) is 22.1. The number of esters is 1. The molecule has 31 heavy (non-hydrogen) atoms. The number of carbonyl (C=O) groups excluding carboxylic acids is 2. The maximum atomic E-state index is 12.2. The van der Waals surface area contributed by atoms with Crippen LogP contribution in [0.15, 0.2) is 82.4 Å². The third kappa shape index (κ3) is 6.52. The van der Waals surface area contributed by atoms with Gasteiger partial charge in [-0.1, -0.05) is 46.3 Å². The smallest absolute Gasteiger partial charge is 0.343 e. The van der Waals surface area contributed by atoms with E-state index in [1.165, 1.54) is 6.21 Å². The van der Waals surface area contributed by atoms with Crippen molar-refractivity contribution in [2.45, 2.75) is 0 Å². The van der Waals surface area contributed by atoms with E-state index in [-0.39, 0.29) is 6.61 Å². The van der Waals surface area contributed by atoms with Crippen LogP contribution in [0.1, 0.15) is 21.5 Å². The van der Waals surface area contributed by atoms with Gasteiger partial charge in [-0.15, -0.1) is 0 Å². The van der Waals surface area contributed by atoms with Crippen molar-refractivity contribution >= 4 is 34.0 Å². The summed E-state index contributed by atoms with van der Waals surface area (Å²) >= 11 is 3.32. The van der Waals surface area contributed by atoms with E-state index in [1.54, 1.807) is 66.7 Å². The normalized spacial score (nSPS) is 10.3. The topological polar surface area (TPSA) is 101 Å². The molecule has 0 aromatic heterocycles. The van der Waals surface area contributed by atoms with Gasteiger partial charge in [0.2, 0.25) is 0 Å². The van der Waals surface area contributed by atoms with Crippen LogP contribution in [-0.4, -0.2) is 24.7 Å². The molecule has 0 saturated heterocycles. The summed E-state index contributed by atoms with van der Waals surface area (Å²) in [5.74, 6) is -0.305. The van der Waals surface area contributed by atoms with Gasteiger partial charge in [-0.2, -0.15) is 10.4 Å². The summed E-state index contributed by atoms with van der Waals surface area (Å²) in [6.07, 6.45) is 1.41. The van der Waals surface area contributed by atoms with Crippen LogP contribution in [0.25, 0.3) is 0 Å². The number of hydrazone groups is 1. The van der Waals surface area contributed by atoms with E-state index in [4.69, 9.17) is 14.7 Å². The fourth-order valence-electron chi connectivity index (χ4n) is 2.48. The molecule has 0 atom stereocenters. The van der Waals surface area contributed by atoms with Gasteiger partial charge in [-0.25, -0.2) is 10.2 Å². The van der Waals surface area contributed by atoms with Crippen molar-refractivity contribution in [1.82, 2.24) is 5.43 Å². The van der Waals surface area contributed by atoms with E-state index in [1.807, 2.05) is 12.1 Å². The average Bonchev–Trinajstić information content (AvgIpc) is 2.78. The molecule has 7 nitrogen and oxygen atoms in total. The predicted octanol–water partition coefficient (Wildman–Crippen LogP) is 4.07. The SMILES string of the molecule is N#Cc1ccccc1OCC(=O)N/N=C\c1cccc(OC(=O)c2cccc(Br)c2)c1. The molecule has 8 heteroatoms. The molecule has 0 heterocycles. The molecule has 0 radical (unpaired) electrons. The maximum absolute atomic E-state index is 12.2. The first-order valence-corrected chi connectivity index (χ1v) is 9.86. The lowest BCUT2D eigenvalue weighted by atomic mass is 10.2. The van der Waals surface area contributed by atoms with Crippen LogP contribution in [-0.2, 0) is 4.79 Å². The third-order valence-electron chi connectivity index (χ3n) is 3.90. The van der Waals surface area contributed by atoms with Crippen LogP contribution < -0.4 is 14.9 Å². The summed E-state index contributed by atoms with van der Waals surface area (Å²) in [4.78, 5) is 24.1. The molecule has 0 fully saturated rings. The van der Waals surface area contributed by atoms with Gasteiger partial charge in [0.1, 0.15) is 17.6 Å². The molecule has 3 aromatic carbocycles. The van der Waals surface area contributed by atoms with Gasteiger partial charge >= 0.3 is 5.97 Å². The molecule has 1 N–H and O–H groups in total. The molecular formula is C23H16BrN3O4. The molecule has 0 unspecified atom stereocenters. The lowest BCUT2D eigenvalue weighted by molar-refractivity contribution is -0.123. The van der Waals surface area contributed by atoms with Crippen molar-refractivity contribution in [2.75, 3.05) is 6.61 Å². The molecule has 1 amide bonds. The Bertz CT molecular complexity index is 1170. The largest absolute Gasteiger partial charge is 0.482 e. The van der Waals surface area contributed by atoms with Crippen LogP contribution in [0.2, 0.25) is 0 Å². The number of nitrogens with zero attached hydrogens (tertiary/aromatic N) is 2. The summed E-state index contributed by atoms with van der Waals surface area (Å²) in [6.45, 7) is -0.291. The van der Waals surface area contributed by atoms with Crippen LogP contribution in [0.3, 0.4) is 0 Å². The van der Waals surface area contributed by atoms with Crippen molar-refractivity contribution in [2.24, 2.45) is 5.10 Å². The van der Waals surface area contributed by atoms with Crippen molar-refractivity contribution < 1.29 is 19.1 Å². The van der Waals surface area contributed by atoms with Crippen molar-refractivity contribution in [3.05, 3.63) is 94.0 Å². The van der Waals surface area contributed by atoms with Crippen LogP contribution in [0, 0.1) is 11.3 Å². The highest BCUT2D eigenvalue weighted by Gasteiger charge is 2.09. The summed E-state index contributed by atoms with van der Waals surface area (Å²) in [5.41, 5.74) is 3.72. The molecule has 0 bridgehead atoms. The molecular weight excluding hydrogens is 462 g/mol. The van der Waals surface area contributed by atoms with Crippen molar-refractivity contribution in [1.29, 1.82) is 5.26 Å². The van der Waals surface area contributed by atoms with Crippen LogP contribution >= 0.6 is 15.9 Å². The second-order valence-electron chi connectivity index (χ2n) is 6.16. The minimum Gasteiger partial charge on any atom is -0.482 e. The number of halogens is 1. The molecule has 0 aliphatic heterocycles. The Morgan fingerprint density at radius 2 is 1.87 bits per heavy atom. The van der Waals surface area contributed by atoms with E-state index in [0.29, 0.717) is 28.2 Å². The number of nitrogens with one attached hydrogen (secondary N) is 1. The Hall–Kier alpha value is -3.96. The lowest BCUT2D eigenvalue weighted by Gasteiger charge is -2.06. The zero-order valence-corrected chi connectivity index (χ0v) is 17.7. The van der Waals surface area contributed by atoms with E-state index in [0.717, 1.165) is 4.47 Å². The van der Waals surface area contributed by atoms with Gasteiger partial charge in [0.15, 0.2) is 6.61 Å². The Labute approximate surface area is 187 Å². The van der Waals surface area contributed by atoms with E-state index in [2.05, 4.69) is 26.5 Å². The number of amides is 1. The average molecular weight is 478 g/mol. The number of hydrogen-bond acceptors (Lipinski definition) is 6. The summed E-state index contributed by atoms with van der Waals surface area (Å²) in [6, 6.07) is 22.2. The number of para-hydroxylation sites is 1. The lowest BCUT2D eigenvalue weighted by Crippen LogP contribution is -2.24. The van der Waals surface area contributed by atoms with E-state index < -0.39 is 11.9 Å². The van der Waals surface area contributed by atoms with Gasteiger partial charge < -0.3 is 9.47 Å². The fourth-order valence-corrected chi connectivity index (χ4v) is 2.88. The number of hydrogen-bond donors (Lipinski definition) is 1. The highest BCUT2D eigenvalue weighted by Crippen LogP contribution is 2.17. The number of benzene rings is 3. The number of carbonyl (C=O) groups is 2. The number of ether oxygens (including phenoxy) is 2. The quantitative estimate of drug-likeness (QED) is 0.239. The van der Waals surface area contributed by atoms with Crippen molar-refractivity contribution in [3.63, 3.8) is 0 Å². The number of rotatable bonds is 7. The Kier molecular flexibility index (Phi) is 7.51. The van der Waals surface area contributed by atoms with Gasteiger partial charge in [0, 0.05) is 4.47 Å². The van der Waals surface area contributed by atoms with E-state index in [9.17, 15) is 9.59 Å². The first-order valence-electron chi connectivity index (χ1n) is 9.07. The fraction of sp³-hybridized carbons (Fsp3) is 0.0435. The van der Waals surface area contributed by atoms with Gasteiger partial charge in [0.05, 0.1) is 17.3 Å². The second-order valence-corrected chi connectivity index (χ2v) is 7.08. The molecule has 3 aromatic rings. The summed E-state index contributed by atoms with van der Waals surface area (Å²) in [5, 5.41) is 12.9. The molecule has 0 saturated carbocycles. The molecule has 0 spiro atoms. The highest BCUT2D eigenvalue weighted by atomic mass is 79.9. The molecule has 0 aliphatic rings. The van der Waals surface area contributed by atoms with Gasteiger partial charge in [-0.05, 0) is 48.0 Å². The zero-order valence-electron chi connectivity index (χ0n) is 16.1. The highest BCUT2D eigenvalue weighted by molar-refractivity contribution is 9.10. The monoisotopic (exact) mass is 477 g/mol. The Morgan fingerprint density at radius 3 is 2.68 bits per heavy atom. The van der Waals surface area contributed by atoms with Gasteiger partial charge in [0.25, 0.3) is 5.91 Å². The first kappa shape index (κ1) is 21.7. The number of nitriles is 1. The molecule has 3 rings (SSSR count). The minimum absolute atomic E-state index is 0.291.